The normalized spacial score (nSPS) is 14.0. The van der Waals surface area contributed by atoms with Crippen molar-refractivity contribution >= 4 is 29.2 Å². The minimum absolute atomic E-state index is 0.0228. The van der Waals surface area contributed by atoms with E-state index in [1.165, 1.54) is 0 Å². The summed E-state index contributed by atoms with van der Waals surface area (Å²) in [5.41, 5.74) is 1.42. The predicted molar refractivity (Wildman–Crippen MR) is 122 cm³/mol. The van der Waals surface area contributed by atoms with E-state index >= 15 is 0 Å². The Morgan fingerprint density at radius 1 is 1.03 bits per heavy atom. The Bertz CT molecular complexity index is 982. The molecule has 0 saturated carbocycles. The van der Waals surface area contributed by atoms with Crippen LogP contribution in [-0.2, 0) is 4.79 Å². The number of rotatable bonds is 7. The molecule has 2 amide bonds. The van der Waals surface area contributed by atoms with E-state index in [4.69, 9.17) is 4.74 Å². The van der Waals surface area contributed by atoms with Gasteiger partial charge in [-0.05, 0) is 42.5 Å². The minimum Gasteiger partial charge on any atom is -0.497 e. The molecule has 1 heterocycles. The van der Waals surface area contributed by atoms with Gasteiger partial charge in [-0.25, -0.2) is 4.79 Å². The van der Waals surface area contributed by atoms with E-state index < -0.39 is 11.9 Å². The van der Waals surface area contributed by atoms with E-state index in [1.807, 2.05) is 0 Å². The molecule has 0 radical (unpaired) electrons. The minimum atomic E-state index is -1.12. The lowest BCUT2D eigenvalue weighted by Gasteiger charge is -2.36. The number of anilines is 2. The quantitative estimate of drug-likeness (QED) is 0.677. The molecule has 1 saturated heterocycles. The largest absolute Gasteiger partial charge is 0.497 e. The zero-order valence-electron chi connectivity index (χ0n) is 18.5. The zero-order chi connectivity index (χ0) is 23.3. The summed E-state index contributed by atoms with van der Waals surface area (Å²) in [5, 5.41) is 12.4. The van der Waals surface area contributed by atoms with E-state index in [9.17, 15) is 19.5 Å². The van der Waals surface area contributed by atoms with Crippen LogP contribution in [0.25, 0.3) is 0 Å². The summed E-state index contributed by atoms with van der Waals surface area (Å²) < 4.78 is 5.09. The van der Waals surface area contributed by atoms with Crippen molar-refractivity contribution in [2.45, 2.75) is 0 Å². The average molecular weight is 441 g/mol. The lowest BCUT2D eigenvalue weighted by atomic mass is 10.1. The van der Waals surface area contributed by atoms with Crippen LogP contribution in [0.3, 0.4) is 0 Å². The number of aromatic carboxylic acids is 1. The number of carbonyl (C=O) groups excluding carboxylic acids is 2. The number of benzene rings is 2. The highest BCUT2D eigenvalue weighted by Crippen LogP contribution is 2.25. The van der Waals surface area contributed by atoms with Crippen LogP contribution in [0, 0.1) is 0 Å². The number of hydrogen-bond donors (Lipinski definition) is 2. The molecule has 0 aromatic heterocycles. The maximum atomic E-state index is 12.6. The van der Waals surface area contributed by atoms with Gasteiger partial charge in [-0.3, -0.25) is 14.5 Å². The molecule has 0 aliphatic carbocycles. The molecule has 2 N–H and O–H groups in total. The van der Waals surface area contributed by atoms with E-state index in [0.717, 1.165) is 5.69 Å². The first-order valence-corrected chi connectivity index (χ1v) is 10.3. The molecular weight excluding hydrogens is 412 g/mol. The van der Waals surface area contributed by atoms with E-state index in [2.05, 4.69) is 15.1 Å². The van der Waals surface area contributed by atoms with Gasteiger partial charge in [0.15, 0.2) is 0 Å². The second kappa shape index (κ2) is 10.1. The number of hydrogen-bond acceptors (Lipinski definition) is 6. The van der Waals surface area contributed by atoms with Crippen LogP contribution in [0.5, 0.6) is 5.75 Å². The van der Waals surface area contributed by atoms with Gasteiger partial charge in [-0.2, -0.15) is 0 Å². The topological polar surface area (TPSA) is 102 Å². The molecule has 2 aromatic rings. The van der Waals surface area contributed by atoms with Crippen molar-refractivity contribution in [3.05, 3.63) is 53.6 Å². The third-order valence-electron chi connectivity index (χ3n) is 5.43. The fourth-order valence-electron chi connectivity index (χ4n) is 3.45. The van der Waals surface area contributed by atoms with Crippen LogP contribution in [-0.4, -0.2) is 86.6 Å². The van der Waals surface area contributed by atoms with Crippen molar-refractivity contribution < 1.29 is 24.2 Å². The van der Waals surface area contributed by atoms with Gasteiger partial charge in [0.05, 0.1) is 24.9 Å². The van der Waals surface area contributed by atoms with Gasteiger partial charge in [-0.1, -0.05) is 0 Å². The molecule has 170 valence electrons. The van der Waals surface area contributed by atoms with Gasteiger partial charge in [0.2, 0.25) is 5.91 Å². The van der Waals surface area contributed by atoms with Crippen molar-refractivity contribution in [3.63, 3.8) is 0 Å². The molecule has 0 atom stereocenters. The third kappa shape index (κ3) is 5.55. The molecule has 0 spiro atoms. The summed E-state index contributed by atoms with van der Waals surface area (Å²) in [6.45, 7) is 3.14. The Balaban J connectivity index is 1.69. The van der Waals surface area contributed by atoms with Crippen molar-refractivity contribution in [3.8, 4) is 5.75 Å². The number of carboxylic acids is 1. The first-order valence-electron chi connectivity index (χ1n) is 10.3. The zero-order valence-corrected chi connectivity index (χ0v) is 18.5. The fraction of sp³-hybridized carbons (Fsp3) is 0.348. The van der Waals surface area contributed by atoms with Crippen LogP contribution < -0.4 is 15.0 Å². The number of amides is 2. The lowest BCUT2D eigenvalue weighted by molar-refractivity contribution is -0.129. The third-order valence-corrected chi connectivity index (χ3v) is 5.43. The van der Waals surface area contributed by atoms with Crippen LogP contribution in [0.2, 0.25) is 0 Å². The van der Waals surface area contributed by atoms with E-state index in [1.54, 1.807) is 68.6 Å². The first-order chi connectivity index (χ1) is 15.3. The number of likely N-dealkylation sites (N-methyl/N-ethyl adjacent to an activating group) is 1. The van der Waals surface area contributed by atoms with Crippen LogP contribution in [0.1, 0.15) is 20.7 Å². The molecule has 0 unspecified atom stereocenters. The molecule has 3 rings (SSSR count). The smallest absolute Gasteiger partial charge is 0.337 e. The van der Waals surface area contributed by atoms with Gasteiger partial charge >= 0.3 is 5.97 Å². The predicted octanol–water partition coefficient (Wildman–Crippen LogP) is 1.86. The van der Waals surface area contributed by atoms with E-state index in [0.29, 0.717) is 44.0 Å². The maximum Gasteiger partial charge on any atom is 0.337 e. The van der Waals surface area contributed by atoms with Gasteiger partial charge in [0, 0.05) is 51.5 Å². The standard InChI is InChI=1S/C23H28N4O5/c1-25(2)21(28)15-26-10-12-27(13-11-26)17-6-9-20(19(14-17)23(30)31)24-22(29)16-4-7-18(32-3)8-5-16/h4-9,14H,10-13,15H2,1-3H3,(H,24,29)(H,30,31). The summed E-state index contributed by atoms with van der Waals surface area (Å²) >= 11 is 0. The number of nitrogens with one attached hydrogen (secondary N) is 1. The number of carboxylic acid groups (broad SMARTS) is 1. The van der Waals surface area contributed by atoms with Gasteiger partial charge in [-0.15, -0.1) is 0 Å². The Morgan fingerprint density at radius 3 is 2.25 bits per heavy atom. The number of ether oxygens (including phenoxy) is 1. The van der Waals surface area contributed by atoms with Crippen molar-refractivity contribution in [1.82, 2.24) is 9.80 Å². The Hall–Kier alpha value is -3.59. The van der Waals surface area contributed by atoms with Crippen molar-refractivity contribution in [2.75, 3.05) is 64.1 Å². The Labute approximate surface area is 187 Å². The lowest BCUT2D eigenvalue weighted by Crippen LogP contribution is -2.49. The highest BCUT2D eigenvalue weighted by atomic mass is 16.5. The molecule has 1 aliphatic rings. The molecular formula is C23H28N4O5. The summed E-state index contributed by atoms with van der Waals surface area (Å²) in [6, 6.07) is 11.6. The van der Waals surface area contributed by atoms with Crippen LogP contribution >= 0.6 is 0 Å². The molecule has 9 heteroatoms. The summed E-state index contributed by atoms with van der Waals surface area (Å²) in [7, 11) is 5.01. The number of nitrogens with zero attached hydrogens (tertiary/aromatic N) is 3. The SMILES string of the molecule is COc1ccc(C(=O)Nc2ccc(N3CCN(CC(=O)N(C)C)CC3)cc2C(=O)O)cc1. The van der Waals surface area contributed by atoms with Crippen molar-refractivity contribution in [2.24, 2.45) is 0 Å². The van der Waals surface area contributed by atoms with E-state index in [-0.39, 0.29) is 17.2 Å². The number of methoxy groups -OCH3 is 1. The first kappa shape index (κ1) is 23.1. The highest BCUT2D eigenvalue weighted by Gasteiger charge is 2.22. The molecule has 0 bridgehead atoms. The molecule has 9 nitrogen and oxygen atoms in total. The second-order valence-electron chi connectivity index (χ2n) is 7.77. The Morgan fingerprint density at radius 2 is 1.69 bits per heavy atom. The summed E-state index contributed by atoms with van der Waals surface area (Å²) in [5.74, 6) is -0.832. The molecule has 2 aromatic carbocycles. The number of piperazine rings is 1. The van der Waals surface area contributed by atoms with Crippen LogP contribution in [0.4, 0.5) is 11.4 Å². The summed E-state index contributed by atoms with van der Waals surface area (Å²) in [6.07, 6.45) is 0. The summed E-state index contributed by atoms with van der Waals surface area (Å²) in [4.78, 5) is 42.1. The van der Waals surface area contributed by atoms with Crippen LogP contribution in [0.15, 0.2) is 42.5 Å². The molecule has 1 fully saturated rings. The maximum absolute atomic E-state index is 12.6. The molecule has 32 heavy (non-hydrogen) atoms. The average Bonchev–Trinajstić information content (AvgIpc) is 2.79. The van der Waals surface area contributed by atoms with Crippen molar-refractivity contribution in [1.29, 1.82) is 0 Å². The van der Waals surface area contributed by atoms with Gasteiger partial charge < -0.3 is 25.0 Å². The van der Waals surface area contributed by atoms with Gasteiger partial charge in [0.25, 0.3) is 5.91 Å². The molecule has 1 aliphatic heterocycles. The second-order valence-corrected chi connectivity index (χ2v) is 7.77. The fourth-order valence-corrected chi connectivity index (χ4v) is 3.45. The Kier molecular flexibility index (Phi) is 7.32. The monoisotopic (exact) mass is 440 g/mol. The van der Waals surface area contributed by atoms with Gasteiger partial charge in [0.1, 0.15) is 5.75 Å². The highest BCUT2D eigenvalue weighted by molar-refractivity contribution is 6.08. The number of carbonyl (C=O) groups is 3.